The summed E-state index contributed by atoms with van der Waals surface area (Å²) in [6.45, 7) is 5.24. The molecule has 1 aliphatic carbocycles. The standard InChI is InChI=1S/C14H13ClN2O3/c1-7(15)6-19-14(18)10-5-11(9-3-4-9)16-13-12(10)8(2)17-20-13/h5,9H,1,3-4,6H2,2H3. The number of ether oxygens (including phenoxy) is 1. The predicted molar refractivity (Wildman–Crippen MR) is 73.8 cm³/mol. The maximum Gasteiger partial charge on any atom is 0.339 e. The fourth-order valence-corrected chi connectivity index (χ4v) is 2.14. The predicted octanol–water partition coefficient (Wildman–Crippen LogP) is 3.32. The first-order chi connectivity index (χ1) is 9.56. The first-order valence-corrected chi connectivity index (χ1v) is 6.71. The molecule has 0 N–H and O–H groups in total. The molecule has 2 aromatic rings. The number of carbonyl (C=O) groups is 1. The van der Waals surface area contributed by atoms with Gasteiger partial charge in [0.2, 0.25) is 0 Å². The van der Waals surface area contributed by atoms with Gasteiger partial charge in [-0.15, -0.1) is 0 Å². The summed E-state index contributed by atoms with van der Waals surface area (Å²) in [5.41, 5.74) is 2.27. The highest BCUT2D eigenvalue weighted by molar-refractivity contribution is 6.29. The Kier molecular flexibility index (Phi) is 3.22. The van der Waals surface area contributed by atoms with Crippen molar-refractivity contribution in [2.24, 2.45) is 0 Å². The van der Waals surface area contributed by atoms with E-state index in [1.807, 2.05) is 0 Å². The number of pyridine rings is 1. The van der Waals surface area contributed by atoms with Gasteiger partial charge >= 0.3 is 5.97 Å². The molecule has 2 heterocycles. The number of nitrogens with zero attached hydrogens (tertiary/aromatic N) is 2. The van der Waals surface area contributed by atoms with Crippen LogP contribution in [0.4, 0.5) is 0 Å². The van der Waals surface area contributed by atoms with Crippen LogP contribution in [0.3, 0.4) is 0 Å². The second-order valence-electron chi connectivity index (χ2n) is 4.91. The summed E-state index contributed by atoms with van der Waals surface area (Å²) in [5, 5.41) is 4.73. The molecule has 0 radical (unpaired) electrons. The summed E-state index contributed by atoms with van der Waals surface area (Å²) in [7, 11) is 0. The topological polar surface area (TPSA) is 65.2 Å². The number of carbonyl (C=O) groups excluding carboxylic acids is 1. The number of hydrogen-bond donors (Lipinski definition) is 0. The maximum absolute atomic E-state index is 12.2. The molecular weight excluding hydrogens is 280 g/mol. The lowest BCUT2D eigenvalue weighted by Gasteiger charge is -2.06. The Labute approximate surface area is 120 Å². The monoisotopic (exact) mass is 292 g/mol. The Morgan fingerprint density at radius 2 is 2.35 bits per heavy atom. The van der Waals surface area contributed by atoms with Gasteiger partial charge in [0.05, 0.1) is 16.6 Å². The Hall–Kier alpha value is -1.88. The van der Waals surface area contributed by atoms with Gasteiger partial charge in [-0.3, -0.25) is 0 Å². The minimum atomic E-state index is -0.465. The van der Waals surface area contributed by atoms with E-state index in [2.05, 4.69) is 16.7 Å². The van der Waals surface area contributed by atoms with E-state index >= 15 is 0 Å². The van der Waals surface area contributed by atoms with Gasteiger partial charge in [0.25, 0.3) is 5.71 Å². The zero-order valence-corrected chi connectivity index (χ0v) is 11.7. The van der Waals surface area contributed by atoms with Crippen LogP contribution in [0.2, 0.25) is 0 Å². The van der Waals surface area contributed by atoms with Gasteiger partial charge in [-0.05, 0) is 25.8 Å². The van der Waals surface area contributed by atoms with Crippen LogP contribution in [0.15, 0.2) is 22.2 Å². The van der Waals surface area contributed by atoms with Gasteiger partial charge in [0.1, 0.15) is 6.61 Å². The van der Waals surface area contributed by atoms with Crippen molar-refractivity contribution in [2.75, 3.05) is 6.61 Å². The molecule has 104 valence electrons. The van der Waals surface area contributed by atoms with Crippen LogP contribution in [-0.2, 0) is 4.74 Å². The summed E-state index contributed by atoms with van der Waals surface area (Å²) < 4.78 is 10.3. The van der Waals surface area contributed by atoms with Crippen molar-refractivity contribution in [3.05, 3.63) is 34.6 Å². The van der Waals surface area contributed by atoms with E-state index in [9.17, 15) is 4.79 Å². The van der Waals surface area contributed by atoms with E-state index in [-0.39, 0.29) is 11.6 Å². The number of aromatic nitrogens is 2. The van der Waals surface area contributed by atoms with Gasteiger partial charge < -0.3 is 9.26 Å². The Balaban J connectivity index is 2.04. The zero-order valence-electron chi connectivity index (χ0n) is 11.0. The summed E-state index contributed by atoms with van der Waals surface area (Å²) in [6, 6.07) is 1.77. The van der Waals surface area contributed by atoms with Crippen LogP contribution in [0.5, 0.6) is 0 Å². The molecule has 0 unspecified atom stereocenters. The van der Waals surface area contributed by atoms with Crippen molar-refractivity contribution >= 4 is 28.7 Å². The second kappa shape index (κ2) is 4.90. The fraction of sp³-hybridized carbons (Fsp3) is 0.357. The third kappa shape index (κ3) is 2.41. The fourth-order valence-electron chi connectivity index (χ4n) is 2.08. The molecule has 1 fully saturated rings. The van der Waals surface area contributed by atoms with Gasteiger partial charge in [-0.1, -0.05) is 23.3 Å². The third-order valence-electron chi connectivity index (χ3n) is 3.21. The molecule has 6 heteroatoms. The second-order valence-corrected chi connectivity index (χ2v) is 5.45. The average molecular weight is 293 g/mol. The van der Waals surface area contributed by atoms with E-state index in [1.54, 1.807) is 13.0 Å². The van der Waals surface area contributed by atoms with Crippen molar-refractivity contribution in [3.63, 3.8) is 0 Å². The van der Waals surface area contributed by atoms with E-state index in [1.165, 1.54) is 0 Å². The lowest BCUT2D eigenvalue weighted by atomic mass is 10.1. The number of esters is 1. The Bertz CT molecular complexity index is 704. The van der Waals surface area contributed by atoms with Gasteiger partial charge in [0.15, 0.2) is 0 Å². The largest absolute Gasteiger partial charge is 0.456 e. The summed E-state index contributed by atoms with van der Waals surface area (Å²) in [4.78, 5) is 16.6. The highest BCUT2D eigenvalue weighted by atomic mass is 35.5. The molecule has 0 atom stereocenters. The first-order valence-electron chi connectivity index (χ1n) is 6.33. The van der Waals surface area contributed by atoms with Crippen LogP contribution in [0.1, 0.15) is 40.5 Å². The number of fused-ring (bicyclic) bond motifs is 1. The molecule has 20 heavy (non-hydrogen) atoms. The molecule has 0 aliphatic heterocycles. The van der Waals surface area contributed by atoms with Crippen LogP contribution < -0.4 is 0 Å². The van der Waals surface area contributed by atoms with Crippen molar-refractivity contribution in [1.82, 2.24) is 10.1 Å². The normalized spacial score (nSPS) is 14.5. The number of rotatable bonds is 4. The van der Waals surface area contributed by atoms with Crippen LogP contribution in [0, 0.1) is 6.92 Å². The molecule has 0 spiro atoms. The Morgan fingerprint density at radius 3 is 3.00 bits per heavy atom. The molecule has 3 rings (SSSR count). The summed E-state index contributed by atoms with van der Waals surface area (Å²) in [5.74, 6) is -0.0632. The smallest absolute Gasteiger partial charge is 0.339 e. The summed E-state index contributed by atoms with van der Waals surface area (Å²) in [6.07, 6.45) is 2.16. The third-order valence-corrected chi connectivity index (χ3v) is 3.32. The van der Waals surface area contributed by atoms with Crippen LogP contribution >= 0.6 is 11.6 Å². The molecule has 1 aliphatic rings. The lowest BCUT2D eigenvalue weighted by molar-refractivity contribution is 0.0548. The summed E-state index contributed by atoms with van der Waals surface area (Å²) >= 11 is 5.61. The number of halogens is 1. The van der Waals surface area contributed by atoms with Gasteiger partial charge in [-0.25, -0.2) is 9.78 Å². The molecule has 0 amide bonds. The molecule has 0 aromatic carbocycles. The Morgan fingerprint density at radius 1 is 1.60 bits per heavy atom. The highest BCUT2D eigenvalue weighted by Crippen LogP contribution is 2.40. The molecule has 2 aromatic heterocycles. The van der Waals surface area contributed by atoms with Crippen LogP contribution in [0.25, 0.3) is 11.1 Å². The van der Waals surface area contributed by atoms with Crippen molar-refractivity contribution in [1.29, 1.82) is 0 Å². The number of hydrogen-bond acceptors (Lipinski definition) is 5. The van der Waals surface area contributed by atoms with Gasteiger partial charge in [0, 0.05) is 16.6 Å². The quantitative estimate of drug-likeness (QED) is 0.809. The van der Waals surface area contributed by atoms with Crippen molar-refractivity contribution < 1.29 is 14.1 Å². The minimum absolute atomic E-state index is 0.0205. The first kappa shape index (κ1) is 13.1. The van der Waals surface area contributed by atoms with Crippen molar-refractivity contribution in [3.8, 4) is 0 Å². The zero-order chi connectivity index (χ0) is 14.3. The van der Waals surface area contributed by atoms with E-state index in [0.717, 1.165) is 18.5 Å². The highest BCUT2D eigenvalue weighted by Gasteiger charge is 2.29. The average Bonchev–Trinajstić information content (AvgIpc) is 3.20. The van der Waals surface area contributed by atoms with E-state index in [4.69, 9.17) is 20.9 Å². The van der Waals surface area contributed by atoms with Crippen LogP contribution in [-0.4, -0.2) is 22.7 Å². The van der Waals surface area contributed by atoms with E-state index < -0.39 is 5.97 Å². The number of aryl methyl sites for hydroxylation is 1. The molecule has 0 bridgehead atoms. The molecule has 0 saturated heterocycles. The minimum Gasteiger partial charge on any atom is -0.456 e. The maximum atomic E-state index is 12.2. The molecular formula is C14H13ClN2O3. The lowest BCUT2D eigenvalue weighted by Crippen LogP contribution is -2.08. The van der Waals surface area contributed by atoms with Crippen molar-refractivity contribution in [2.45, 2.75) is 25.7 Å². The van der Waals surface area contributed by atoms with Gasteiger partial charge in [-0.2, -0.15) is 0 Å². The SMILES string of the molecule is C=C(Cl)COC(=O)c1cc(C2CC2)nc2onc(C)c12. The molecule has 1 saturated carbocycles. The molecule has 5 nitrogen and oxygen atoms in total. The van der Waals surface area contributed by atoms with E-state index in [0.29, 0.717) is 28.3 Å².